The topological polar surface area (TPSA) is 46.2 Å². The first kappa shape index (κ1) is 12.2. The summed E-state index contributed by atoms with van der Waals surface area (Å²) in [6, 6.07) is 8.25. The molecule has 0 heterocycles. The van der Waals surface area contributed by atoms with Crippen molar-refractivity contribution in [2.24, 2.45) is 5.73 Å². The van der Waals surface area contributed by atoms with E-state index in [1.165, 1.54) is 5.56 Å². The molecule has 3 N–H and O–H groups in total. The van der Waals surface area contributed by atoms with Gasteiger partial charge in [-0.1, -0.05) is 43.2 Å². The van der Waals surface area contributed by atoms with E-state index in [1.54, 1.807) is 0 Å². The van der Waals surface area contributed by atoms with Crippen LogP contribution in [0.25, 0.3) is 0 Å². The number of aliphatic hydroxyl groups is 1. The van der Waals surface area contributed by atoms with Gasteiger partial charge in [0, 0.05) is 12.5 Å². The molecule has 0 bridgehead atoms. The maximum atomic E-state index is 9.95. The molecule has 0 aliphatic carbocycles. The Morgan fingerprint density at radius 1 is 1.27 bits per heavy atom. The zero-order chi connectivity index (χ0) is 11.3. The van der Waals surface area contributed by atoms with Crippen molar-refractivity contribution in [2.45, 2.75) is 38.7 Å². The fourth-order valence-electron chi connectivity index (χ4n) is 1.83. The molecule has 2 unspecified atom stereocenters. The SMILES string of the molecule is CCCC(O)C(CN)c1ccc(C)cc1. The minimum atomic E-state index is -0.317. The first-order chi connectivity index (χ1) is 7.19. The lowest BCUT2D eigenvalue weighted by atomic mass is 9.90. The van der Waals surface area contributed by atoms with Gasteiger partial charge in [0.1, 0.15) is 0 Å². The molecule has 0 aliphatic rings. The lowest BCUT2D eigenvalue weighted by Crippen LogP contribution is -2.25. The van der Waals surface area contributed by atoms with Crippen LogP contribution in [0.15, 0.2) is 24.3 Å². The summed E-state index contributed by atoms with van der Waals surface area (Å²) in [4.78, 5) is 0. The maximum Gasteiger partial charge on any atom is 0.0620 e. The summed E-state index contributed by atoms with van der Waals surface area (Å²) in [6.07, 6.45) is 1.49. The second kappa shape index (κ2) is 5.89. The van der Waals surface area contributed by atoms with E-state index in [9.17, 15) is 5.11 Å². The molecule has 0 spiro atoms. The smallest absolute Gasteiger partial charge is 0.0620 e. The second-order valence-electron chi connectivity index (χ2n) is 4.11. The molecule has 84 valence electrons. The Balaban J connectivity index is 2.77. The van der Waals surface area contributed by atoms with Gasteiger partial charge in [0.15, 0.2) is 0 Å². The van der Waals surface area contributed by atoms with Crippen molar-refractivity contribution >= 4 is 0 Å². The molecular formula is C13H21NO. The average Bonchev–Trinajstić information content (AvgIpc) is 2.22. The summed E-state index contributed by atoms with van der Waals surface area (Å²) < 4.78 is 0. The third-order valence-corrected chi connectivity index (χ3v) is 2.81. The molecule has 1 aromatic carbocycles. The van der Waals surface area contributed by atoms with E-state index in [2.05, 4.69) is 38.1 Å². The van der Waals surface area contributed by atoms with Crippen LogP contribution in [0.5, 0.6) is 0 Å². The predicted molar refractivity (Wildman–Crippen MR) is 63.9 cm³/mol. The lowest BCUT2D eigenvalue weighted by Gasteiger charge is -2.21. The molecule has 0 radical (unpaired) electrons. The molecule has 2 atom stereocenters. The highest BCUT2D eigenvalue weighted by atomic mass is 16.3. The summed E-state index contributed by atoms with van der Waals surface area (Å²) in [7, 11) is 0. The van der Waals surface area contributed by atoms with Gasteiger partial charge in [0.2, 0.25) is 0 Å². The zero-order valence-corrected chi connectivity index (χ0v) is 9.61. The number of nitrogens with two attached hydrogens (primary N) is 1. The fourth-order valence-corrected chi connectivity index (χ4v) is 1.83. The van der Waals surface area contributed by atoms with Gasteiger partial charge in [-0.2, -0.15) is 0 Å². The van der Waals surface area contributed by atoms with Gasteiger partial charge in [0.25, 0.3) is 0 Å². The Bertz CT molecular complexity index is 281. The predicted octanol–water partition coefficient (Wildman–Crippen LogP) is 2.20. The van der Waals surface area contributed by atoms with Crippen LogP contribution in [-0.2, 0) is 0 Å². The van der Waals surface area contributed by atoms with Crippen molar-refractivity contribution in [1.29, 1.82) is 0 Å². The van der Waals surface area contributed by atoms with Gasteiger partial charge < -0.3 is 10.8 Å². The number of hydrogen-bond donors (Lipinski definition) is 2. The van der Waals surface area contributed by atoms with Crippen LogP contribution in [0, 0.1) is 6.92 Å². The van der Waals surface area contributed by atoms with Gasteiger partial charge in [-0.3, -0.25) is 0 Å². The largest absolute Gasteiger partial charge is 0.392 e. The summed E-state index contributed by atoms with van der Waals surface area (Å²) in [6.45, 7) is 4.64. The Labute approximate surface area is 92.1 Å². The molecule has 15 heavy (non-hydrogen) atoms. The minimum absolute atomic E-state index is 0.0746. The number of aliphatic hydroxyl groups excluding tert-OH is 1. The quantitative estimate of drug-likeness (QED) is 0.777. The Morgan fingerprint density at radius 2 is 1.87 bits per heavy atom. The summed E-state index contributed by atoms with van der Waals surface area (Å²) in [5.74, 6) is 0.0746. The fraction of sp³-hybridized carbons (Fsp3) is 0.538. The number of hydrogen-bond acceptors (Lipinski definition) is 2. The van der Waals surface area contributed by atoms with Crippen molar-refractivity contribution in [3.8, 4) is 0 Å². The van der Waals surface area contributed by atoms with Gasteiger partial charge in [0.05, 0.1) is 6.10 Å². The average molecular weight is 207 g/mol. The van der Waals surface area contributed by atoms with Crippen LogP contribution in [-0.4, -0.2) is 17.8 Å². The molecule has 0 saturated carbocycles. The molecule has 0 aliphatic heterocycles. The first-order valence-electron chi connectivity index (χ1n) is 5.63. The third-order valence-electron chi connectivity index (χ3n) is 2.81. The van der Waals surface area contributed by atoms with Gasteiger partial charge in [-0.05, 0) is 18.9 Å². The van der Waals surface area contributed by atoms with Gasteiger partial charge in [-0.25, -0.2) is 0 Å². The highest BCUT2D eigenvalue weighted by Crippen LogP contribution is 2.21. The molecule has 0 amide bonds. The van der Waals surface area contributed by atoms with E-state index in [0.29, 0.717) is 6.54 Å². The third kappa shape index (κ3) is 3.33. The van der Waals surface area contributed by atoms with Crippen molar-refractivity contribution < 1.29 is 5.11 Å². The Hall–Kier alpha value is -0.860. The highest BCUT2D eigenvalue weighted by molar-refractivity contribution is 5.25. The van der Waals surface area contributed by atoms with E-state index in [-0.39, 0.29) is 12.0 Å². The van der Waals surface area contributed by atoms with E-state index in [1.807, 2.05) is 0 Å². The first-order valence-corrected chi connectivity index (χ1v) is 5.63. The van der Waals surface area contributed by atoms with Crippen molar-refractivity contribution in [3.05, 3.63) is 35.4 Å². The zero-order valence-electron chi connectivity index (χ0n) is 9.61. The lowest BCUT2D eigenvalue weighted by molar-refractivity contribution is 0.135. The van der Waals surface area contributed by atoms with Crippen molar-refractivity contribution in [2.75, 3.05) is 6.54 Å². The highest BCUT2D eigenvalue weighted by Gasteiger charge is 2.18. The summed E-state index contributed by atoms with van der Waals surface area (Å²) in [5.41, 5.74) is 8.09. The molecule has 0 fully saturated rings. The van der Waals surface area contributed by atoms with Crippen LogP contribution in [0.2, 0.25) is 0 Å². The standard InChI is InChI=1S/C13H21NO/c1-3-4-13(15)12(9-14)11-7-5-10(2)6-8-11/h5-8,12-13,15H,3-4,9,14H2,1-2H3. The van der Waals surface area contributed by atoms with Crippen LogP contribution in [0.1, 0.15) is 36.8 Å². The van der Waals surface area contributed by atoms with Crippen molar-refractivity contribution in [1.82, 2.24) is 0 Å². The Kier molecular flexibility index (Phi) is 4.79. The Morgan fingerprint density at radius 3 is 2.33 bits per heavy atom. The minimum Gasteiger partial charge on any atom is -0.392 e. The van der Waals surface area contributed by atoms with Gasteiger partial charge in [-0.15, -0.1) is 0 Å². The van der Waals surface area contributed by atoms with Crippen LogP contribution in [0.4, 0.5) is 0 Å². The second-order valence-corrected chi connectivity index (χ2v) is 4.11. The van der Waals surface area contributed by atoms with E-state index in [0.717, 1.165) is 18.4 Å². The molecule has 1 aromatic rings. The van der Waals surface area contributed by atoms with Crippen LogP contribution < -0.4 is 5.73 Å². The van der Waals surface area contributed by atoms with E-state index < -0.39 is 0 Å². The molecule has 1 rings (SSSR count). The molecular weight excluding hydrogens is 186 g/mol. The molecule has 0 aromatic heterocycles. The van der Waals surface area contributed by atoms with Crippen LogP contribution >= 0.6 is 0 Å². The van der Waals surface area contributed by atoms with Crippen molar-refractivity contribution in [3.63, 3.8) is 0 Å². The van der Waals surface area contributed by atoms with E-state index >= 15 is 0 Å². The van der Waals surface area contributed by atoms with Gasteiger partial charge >= 0.3 is 0 Å². The number of rotatable bonds is 5. The number of benzene rings is 1. The van der Waals surface area contributed by atoms with Crippen LogP contribution in [0.3, 0.4) is 0 Å². The molecule has 0 saturated heterocycles. The monoisotopic (exact) mass is 207 g/mol. The van der Waals surface area contributed by atoms with E-state index in [4.69, 9.17) is 5.73 Å². The summed E-state index contributed by atoms with van der Waals surface area (Å²) >= 11 is 0. The number of aryl methyl sites for hydroxylation is 1. The maximum absolute atomic E-state index is 9.95. The summed E-state index contributed by atoms with van der Waals surface area (Å²) in [5, 5.41) is 9.95. The normalized spacial score (nSPS) is 14.9. The molecule has 2 nitrogen and oxygen atoms in total. The molecule has 2 heteroatoms.